The number of rotatable bonds is 4. The van der Waals surface area contributed by atoms with Crippen LogP contribution >= 0.6 is 11.6 Å². The van der Waals surface area contributed by atoms with Crippen molar-refractivity contribution in [2.75, 3.05) is 6.54 Å². The van der Waals surface area contributed by atoms with E-state index in [9.17, 15) is 9.18 Å². The zero-order valence-electron chi connectivity index (χ0n) is 12.6. The van der Waals surface area contributed by atoms with Crippen LogP contribution in [0.1, 0.15) is 21.6 Å². The molecule has 23 heavy (non-hydrogen) atoms. The number of carbonyl (C=O) groups is 1. The first-order valence-corrected chi connectivity index (χ1v) is 7.73. The topological polar surface area (TPSA) is 44.9 Å². The molecule has 0 unspecified atom stereocenters. The molecular weight excluding hydrogens is 315 g/mol. The summed E-state index contributed by atoms with van der Waals surface area (Å²) in [6, 6.07) is 11.4. The van der Waals surface area contributed by atoms with E-state index in [0.29, 0.717) is 23.6 Å². The third-order valence-electron chi connectivity index (χ3n) is 3.83. The monoisotopic (exact) mass is 330 g/mol. The van der Waals surface area contributed by atoms with E-state index in [1.807, 2.05) is 25.1 Å². The predicted molar refractivity (Wildman–Crippen MR) is 90.5 cm³/mol. The van der Waals surface area contributed by atoms with Gasteiger partial charge in [-0.15, -0.1) is 0 Å². The molecule has 5 heteroatoms. The Morgan fingerprint density at radius 1 is 1.26 bits per heavy atom. The van der Waals surface area contributed by atoms with Crippen molar-refractivity contribution in [1.82, 2.24) is 10.3 Å². The Kier molecular flexibility index (Phi) is 4.35. The van der Waals surface area contributed by atoms with Crippen molar-refractivity contribution in [2.24, 2.45) is 0 Å². The Hall–Kier alpha value is -2.33. The number of hydrogen-bond donors (Lipinski definition) is 2. The van der Waals surface area contributed by atoms with Gasteiger partial charge in [-0.1, -0.05) is 17.7 Å². The van der Waals surface area contributed by atoms with E-state index in [4.69, 9.17) is 11.6 Å². The number of aryl methyl sites for hydroxylation is 1. The molecule has 0 radical (unpaired) electrons. The van der Waals surface area contributed by atoms with Crippen LogP contribution in [0.3, 0.4) is 0 Å². The smallest absolute Gasteiger partial charge is 0.251 e. The van der Waals surface area contributed by atoms with Crippen molar-refractivity contribution in [3.05, 3.63) is 70.1 Å². The first-order valence-electron chi connectivity index (χ1n) is 7.35. The average Bonchev–Trinajstić information content (AvgIpc) is 2.83. The molecule has 2 N–H and O–H groups in total. The van der Waals surface area contributed by atoms with Crippen LogP contribution < -0.4 is 5.32 Å². The zero-order valence-corrected chi connectivity index (χ0v) is 13.4. The third-order valence-corrected chi connectivity index (χ3v) is 4.06. The summed E-state index contributed by atoms with van der Waals surface area (Å²) in [6.07, 6.45) is 0.674. The molecule has 0 aliphatic carbocycles. The lowest BCUT2D eigenvalue weighted by Gasteiger charge is -2.06. The second-order valence-electron chi connectivity index (χ2n) is 5.43. The van der Waals surface area contributed by atoms with Gasteiger partial charge in [0.05, 0.1) is 0 Å². The summed E-state index contributed by atoms with van der Waals surface area (Å²) < 4.78 is 13.1. The van der Waals surface area contributed by atoms with Gasteiger partial charge < -0.3 is 10.3 Å². The number of fused-ring (bicyclic) bond motifs is 1. The fourth-order valence-electron chi connectivity index (χ4n) is 2.71. The second-order valence-corrected chi connectivity index (χ2v) is 5.87. The SMILES string of the molecule is Cc1[nH]c2ccc(Cl)cc2c1CCNC(=O)c1cccc(F)c1. The van der Waals surface area contributed by atoms with Crippen LogP contribution in [-0.2, 0) is 6.42 Å². The summed E-state index contributed by atoms with van der Waals surface area (Å²) in [5, 5.41) is 4.57. The second kappa shape index (κ2) is 6.42. The lowest BCUT2D eigenvalue weighted by Crippen LogP contribution is -2.25. The maximum atomic E-state index is 13.1. The number of aromatic nitrogens is 1. The van der Waals surface area contributed by atoms with Crippen LogP contribution in [-0.4, -0.2) is 17.4 Å². The summed E-state index contributed by atoms with van der Waals surface area (Å²) in [4.78, 5) is 15.3. The molecule has 0 fully saturated rings. The first-order chi connectivity index (χ1) is 11.0. The summed E-state index contributed by atoms with van der Waals surface area (Å²) in [6.45, 7) is 2.47. The molecule has 1 aromatic heterocycles. The molecule has 2 aromatic carbocycles. The van der Waals surface area contributed by atoms with Crippen LogP contribution in [0, 0.1) is 12.7 Å². The fraction of sp³-hybridized carbons (Fsp3) is 0.167. The Balaban J connectivity index is 1.70. The maximum absolute atomic E-state index is 13.1. The number of hydrogen-bond acceptors (Lipinski definition) is 1. The summed E-state index contributed by atoms with van der Waals surface area (Å²) in [5.74, 6) is -0.695. The number of carbonyl (C=O) groups excluding carboxylic acids is 1. The van der Waals surface area contributed by atoms with Gasteiger partial charge in [-0.25, -0.2) is 4.39 Å². The van der Waals surface area contributed by atoms with Crippen molar-refractivity contribution in [3.63, 3.8) is 0 Å². The molecule has 3 aromatic rings. The number of halogens is 2. The highest BCUT2D eigenvalue weighted by Gasteiger charge is 2.10. The number of amides is 1. The van der Waals surface area contributed by atoms with Crippen molar-refractivity contribution in [1.29, 1.82) is 0 Å². The molecular formula is C18H16ClFN2O. The van der Waals surface area contributed by atoms with Crippen LogP contribution in [0.2, 0.25) is 5.02 Å². The highest BCUT2D eigenvalue weighted by atomic mass is 35.5. The minimum atomic E-state index is -0.417. The normalized spacial score (nSPS) is 10.9. The van der Waals surface area contributed by atoms with E-state index in [2.05, 4.69) is 10.3 Å². The van der Waals surface area contributed by atoms with E-state index >= 15 is 0 Å². The van der Waals surface area contributed by atoms with Gasteiger partial charge in [0, 0.05) is 33.7 Å². The standard InChI is InChI=1S/C18H16ClFN2O/c1-11-15(16-10-13(19)5-6-17(16)22-11)7-8-21-18(23)12-3-2-4-14(20)9-12/h2-6,9-10,22H,7-8H2,1H3,(H,21,23). The fourth-order valence-corrected chi connectivity index (χ4v) is 2.88. The Labute approximate surface area is 138 Å². The van der Waals surface area contributed by atoms with Crippen molar-refractivity contribution < 1.29 is 9.18 Å². The highest BCUT2D eigenvalue weighted by molar-refractivity contribution is 6.31. The summed E-state index contributed by atoms with van der Waals surface area (Å²) >= 11 is 6.06. The maximum Gasteiger partial charge on any atom is 0.251 e. The summed E-state index contributed by atoms with van der Waals surface area (Å²) in [5.41, 5.74) is 3.53. The molecule has 0 bridgehead atoms. The molecule has 3 nitrogen and oxygen atoms in total. The summed E-state index contributed by atoms with van der Waals surface area (Å²) in [7, 11) is 0. The molecule has 0 aliphatic rings. The highest BCUT2D eigenvalue weighted by Crippen LogP contribution is 2.25. The van der Waals surface area contributed by atoms with Crippen molar-refractivity contribution in [2.45, 2.75) is 13.3 Å². The van der Waals surface area contributed by atoms with Crippen LogP contribution in [0.4, 0.5) is 4.39 Å². The first kappa shape index (κ1) is 15.6. The predicted octanol–water partition coefficient (Wildman–Crippen LogP) is 4.24. The average molecular weight is 331 g/mol. The minimum absolute atomic E-state index is 0.278. The molecule has 0 spiro atoms. The van der Waals surface area contributed by atoms with Crippen molar-refractivity contribution >= 4 is 28.4 Å². The molecule has 1 amide bonds. The zero-order chi connectivity index (χ0) is 16.4. The molecule has 118 valence electrons. The van der Waals surface area contributed by atoms with Gasteiger partial charge >= 0.3 is 0 Å². The number of nitrogens with one attached hydrogen (secondary N) is 2. The Morgan fingerprint density at radius 2 is 2.09 bits per heavy atom. The quantitative estimate of drug-likeness (QED) is 0.738. The molecule has 3 rings (SSSR count). The van der Waals surface area contributed by atoms with E-state index in [-0.39, 0.29) is 5.91 Å². The number of aromatic amines is 1. The Morgan fingerprint density at radius 3 is 2.87 bits per heavy atom. The van der Waals surface area contributed by atoms with Crippen molar-refractivity contribution in [3.8, 4) is 0 Å². The minimum Gasteiger partial charge on any atom is -0.358 e. The molecule has 0 aliphatic heterocycles. The van der Waals surface area contributed by atoms with Crippen LogP contribution in [0.25, 0.3) is 10.9 Å². The van der Waals surface area contributed by atoms with Gasteiger partial charge in [-0.2, -0.15) is 0 Å². The molecule has 0 atom stereocenters. The third kappa shape index (κ3) is 3.37. The van der Waals surface area contributed by atoms with E-state index in [1.165, 1.54) is 18.2 Å². The van der Waals surface area contributed by atoms with Gasteiger partial charge in [0.15, 0.2) is 0 Å². The molecule has 0 saturated heterocycles. The molecule has 0 saturated carbocycles. The van der Waals surface area contributed by atoms with E-state index in [1.54, 1.807) is 6.07 Å². The molecule has 1 heterocycles. The number of H-pyrrole nitrogens is 1. The van der Waals surface area contributed by atoms with E-state index in [0.717, 1.165) is 22.2 Å². The number of benzene rings is 2. The Bertz CT molecular complexity index is 873. The van der Waals surface area contributed by atoms with Gasteiger partial charge in [-0.05, 0) is 55.3 Å². The van der Waals surface area contributed by atoms with Crippen LogP contribution in [0.5, 0.6) is 0 Å². The van der Waals surface area contributed by atoms with Gasteiger partial charge in [-0.3, -0.25) is 4.79 Å². The lowest BCUT2D eigenvalue weighted by atomic mass is 10.1. The van der Waals surface area contributed by atoms with Gasteiger partial charge in [0.2, 0.25) is 0 Å². The van der Waals surface area contributed by atoms with E-state index < -0.39 is 5.82 Å². The van der Waals surface area contributed by atoms with Gasteiger partial charge in [0.1, 0.15) is 5.82 Å². The van der Waals surface area contributed by atoms with Gasteiger partial charge in [0.25, 0.3) is 5.91 Å². The largest absolute Gasteiger partial charge is 0.358 e. The lowest BCUT2D eigenvalue weighted by molar-refractivity contribution is 0.0953. The van der Waals surface area contributed by atoms with Crippen LogP contribution in [0.15, 0.2) is 42.5 Å².